The van der Waals surface area contributed by atoms with Gasteiger partial charge < -0.3 is 14.5 Å². The lowest BCUT2D eigenvalue weighted by molar-refractivity contribution is 0.0583. The van der Waals surface area contributed by atoms with Gasteiger partial charge in [-0.3, -0.25) is 4.79 Å². The fourth-order valence-electron chi connectivity index (χ4n) is 4.16. The molecule has 1 aromatic rings. The van der Waals surface area contributed by atoms with Gasteiger partial charge in [0.15, 0.2) is 0 Å². The molecular weight excluding hydrogens is 324 g/mol. The summed E-state index contributed by atoms with van der Waals surface area (Å²) in [5.74, 6) is 0.901. The first-order valence-corrected chi connectivity index (χ1v) is 10.5. The van der Waals surface area contributed by atoms with Crippen LogP contribution in [0.5, 0.6) is 5.75 Å². The van der Waals surface area contributed by atoms with Crippen molar-refractivity contribution in [2.75, 3.05) is 32.8 Å². The highest BCUT2D eigenvalue weighted by atomic mass is 16.5. The molecule has 0 spiro atoms. The minimum absolute atomic E-state index is 0.156. The largest absolute Gasteiger partial charge is 0.493 e. The van der Waals surface area contributed by atoms with E-state index >= 15 is 0 Å². The highest BCUT2D eigenvalue weighted by Crippen LogP contribution is 2.26. The highest BCUT2D eigenvalue weighted by molar-refractivity contribution is 5.97. The van der Waals surface area contributed by atoms with E-state index in [0.29, 0.717) is 12.6 Å². The number of hydrogen-bond donors (Lipinski definition) is 0. The van der Waals surface area contributed by atoms with Crippen LogP contribution in [0.25, 0.3) is 0 Å². The molecule has 0 bridgehead atoms. The quantitative estimate of drug-likeness (QED) is 0.648. The van der Waals surface area contributed by atoms with Crippen LogP contribution in [-0.4, -0.2) is 54.5 Å². The van der Waals surface area contributed by atoms with Gasteiger partial charge in [-0.05, 0) is 70.2 Å². The third-order valence-corrected chi connectivity index (χ3v) is 5.74. The Labute approximate surface area is 158 Å². The summed E-state index contributed by atoms with van der Waals surface area (Å²) < 4.78 is 5.91. The van der Waals surface area contributed by atoms with E-state index < -0.39 is 0 Å². The van der Waals surface area contributed by atoms with E-state index in [4.69, 9.17) is 4.74 Å². The number of carbonyl (C=O) groups excluding carboxylic acids is 1. The molecule has 0 aliphatic carbocycles. The van der Waals surface area contributed by atoms with Crippen molar-refractivity contribution in [3.63, 3.8) is 0 Å². The first-order chi connectivity index (χ1) is 12.8. The molecule has 1 atom stereocenters. The summed E-state index contributed by atoms with van der Waals surface area (Å²) in [5, 5.41) is 0. The number of benzene rings is 1. The van der Waals surface area contributed by atoms with E-state index in [1.807, 2.05) is 24.3 Å². The van der Waals surface area contributed by atoms with Crippen LogP contribution in [0.3, 0.4) is 0 Å². The minimum atomic E-state index is 0.156. The Bertz CT molecular complexity index is 569. The van der Waals surface area contributed by atoms with Gasteiger partial charge in [0.05, 0.1) is 12.2 Å². The molecule has 144 valence electrons. The van der Waals surface area contributed by atoms with E-state index in [-0.39, 0.29) is 5.91 Å². The van der Waals surface area contributed by atoms with Gasteiger partial charge in [-0.15, -0.1) is 0 Å². The second kappa shape index (κ2) is 9.96. The van der Waals surface area contributed by atoms with Gasteiger partial charge in [-0.25, -0.2) is 0 Å². The number of para-hydroxylation sites is 1. The number of carbonyl (C=O) groups is 1. The third kappa shape index (κ3) is 5.00. The van der Waals surface area contributed by atoms with Crippen LogP contribution in [0.4, 0.5) is 0 Å². The molecule has 1 unspecified atom stereocenters. The summed E-state index contributed by atoms with van der Waals surface area (Å²) in [7, 11) is 0. The van der Waals surface area contributed by atoms with E-state index in [0.717, 1.165) is 56.5 Å². The van der Waals surface area contributed by atoms with E-state index in [1.165, 1.54) is 32.4 Å². The number of unbranched alkanes of at least 4 members (excludes halogenated alkanes) is 1. The van der Waals surface area contributed by atoms with Crippen molar-refractivity contribution in [2.45, 2.75) is 64.3 Å². The molecule has 26 heavy (non-hydrogen) atoms. The summed E-state index contributed by atoms with van der Waals surface area (Å²) >= 11 is 0. The fraction of sp³-hybridized carbons (Fsp3) is 0.682. The van der Waals surface area contributed by atoms with Crippen LogP contribution >= 0.6 is 0 Å². The SMILES string of the molecule is CCCCOc1ccccc1C(=O)N1CCCCC1CCN1CCCC1. The predicted molar refractivity (Wildman–Crippen MR) is 106 cm³/mol. The van der Waals surface area contributed by atoms with Gasteiger partial charge in [0.25, 0.3) is 5.91 Å². The van der Waals surface area contributed by atoms with E-state index in [9.17, 15) is 4.79 Å². The van der Waals surface area contributed by atoms with Gasteiger partial charge in [-0.2, -0.15) is 0 Å². The third-order valence-electron chi connectivity index (χ3n) is 5.74. The summed E-state index contributed by atoms with van der Waals surface area (Å²) in [5.41, 5.74) is 0.733. The zero-order valence-electron chi connectivity index (χ0n) is 16.3. The molecule has 0 N–H and O–H groups in total. The van der Waals surface area contributed by atoms with Crippen molar-refractivity contribution < 1.29 is 9.53 Å². The second-order valence-electron chi connectivity index (χ2n) is 7.68. The maximum atomic E-state index is 13.3. The van der Waals surface area contributed by atoms with Crippen molar-refractivity contribution in [2.24, 2.45) is 0 Å². The topological polar surface area (TPSA) is 32.8 Å². The first kappa shape index (κ1) is 19.2. The minimum Gasteiger partial charge on any atom is -0.493 e. The van der Waals surface area contributed by atoms with Crippen LogP contribution in [0.15, 0.2) is 24.3 Å². The number of hydrogen-bond acceptors (Lipinski definition) is 3. The Hall–Kier alpha value is -1.55. The highest BCUT2D eigenvalue weighted by Gasteiger charge is 2.29. The monoisotopic (exact) mass is 358 g/mol. The average Bonchev–Trinajstić information content (AvgIpc) is 3.20. The molecule has 4 nitrogen and oxygen atoms in total. The Kier molecular flexibility index (Phi) is 7.36. The molecule has 2 aliphatic rings. The molecule has 0 aromatic heterocycles. The molecule has 2 saturated heterocycles. The Balaban J connectivity index is 1.65. The molecule has 1 amide bonds. The summed E-state index contributed by atoms with van der Waals surface area (Å²) in [6.07, 6.45) is 9.37. The summed E-state index contributed by atoms with van der Waals surface area (Å²) in [4.78, 5) is 18.0. The lowest BCUT2D eigenvalue weighted by Gasteiger charge is -2.37. The second-order valence-corrected chi connectivity index (χ2v) is 7.68. The Morgan fingerprint density at radius 3 is 2.69 bits per heavy atom. The van der Waals surface area contributed by atoms with Crippen LogP contribution in [0, 0.1) is 0 Å². The fourth-order valence-corrected chi connectivity index (χ4v) is 4.16. The number of likely N-dealkylation sites (tertiary alicyclic amines) is 2. The van der Waals surface area contributed by atoms with Crippen molar-refractivity contribution in [3.8, 4) is 5.75 Å². The van der Waals surface area contributed by atoms with Crippen LogP contribution < -0.4 is 4.74 Å². The maximum Gasteiger partial charge on any atom is 0.257 e. The predicted octanol–water partition coefficient (Wildman–Crippen LogP) is 4.35. The van der Waals surface area contributed by atoms with Gasteiger partial charge in [0.1, 0.15) is 5.75 Å². The van der Waals surface area contributed by atoms with Crippen molar-refractivity contribution in [3.05, 3.63) is 29.8 Å². The van der Waals surface area contributed by atoms with Crippen molar-refractivity contribution in [1.82, 2.24) is 9.80 Å². The van der Waals surface area contributed by atoms with E-state index in [2.05, 4.69) is 16.7 Å². The molecule has 0 saturated carbocycles. The van der Waals surface area contributed by atoms with Gasteiger partial charge in [0, 0.05) is 19.1 Å². The summed E-state index contributed by atoms with van der Waals surface area (Å²) in [6.45, 7) is 7.30. The van der Waals surface area contributed by atoms with E-state index in [1.54, 1.807) is 0 Å². The molecule has 2 heterocycles. The molecule has 2 fully saturated rings. The number of ether oxygens (including phenoxy) is 1. The summed E-state index contributed by atoms with van der Waals surface area (Å²) in [6, 6.07) is 8.14. The lowest BCUT2D eigenvalue weighted by atomic mass is 9.97. The van der Waals surface area contributed by atoms with Crippen LogP contribution in [0.2, 0.25) is 0 Å². The Morgan fingerprint density at radius 2 is 1.88 bits per heavy atom. The van der Waals surface area contributed by atoms with Crippen molar-refractivity contribution >= 4 is 5.91 Å². The van der Waals surface area contributed by atoms with Crippen LogP contribution in [0.1, 0.15) is 68.6 Å². The molecule has 2 aliphatic heterocycles. The molecular formula is C22H34N2O2. The smallest absolute Gasteiger partial charge is 0.257 e. The number of piperidine rings is 1. The molecule has 0 radical (unpaired) electrons. The number of amides is 1. The molecule has 1 aromatic carbocycles. The van der Waals surface area contributed by atoms with Gasteiger partial charge in [-0.1, -0.05) is 25.5 Å². The first-order valence-electron chi connectivity index (χ1n) is 10.5. The van der Waals surface area contributed by atoms with Gasteiger partial charge in [0.2, 0.25) is 0 Å². The number of nitrogens with zero attached hydrogens (tertiary/aromatic N) is 2. The number of rotatable bonds is 8. The standard InChI is InChI=1S/C22H34N2O2/c1-2-3-18-26-21-12-5-4-11-20(21)22(25)24-16-7-6-10-19(24)13-17-23-14-8-9-15-23/h4-5,11-12,19H,2-3,6-10,13-18H2,1H3. The normalized spacial score (nSPS) is 21.1. The average molecular weight is 359 g/mol. The Morgan fingerprint density at radius 1 is 1.12 bits per heavy atom. The van der Waals surface area contributed by atoms with Gasteiger partial charge >= 0.3 is 0 Å². The van der Waals surface area contributed by atoms with Crippen LogP contribution in [-0.2, 0) is 0 Å². The molecule has 3 rings (SSSR count). The lowest BCUT2D eigenvalue weighted by Crippen LogP contribution is -2.45. The zero-order chi connectivity index (χ0) is 18.2. The zero-order valence-corrected chi connectivity index (χ0v) is 16.3. The maximum absolute atomic E-state index is 13.3. The van der Waals surface area contributed by atoms with Crippen molar-refractivity contribution in [1.29, 1.82) is 0 Å². The molecule has 4 heteroatoms.